The van der Waals surface area contributed by atoms with Crippen molar-refractivity contribution in [2.75, 3.05) is 7.11 Å². The highest BCUT2D eigenvalue weighted by Crippen LogP contribution is 2.27. The van der Waals surface area contributed by atoms with Gasteiger partial charge in [-0.2, -0.15) is 0 Å². The van der Waals surface area contributed by atoms with E-state index in [4.69, 9.17) is 21.5 Å². The number of hydrogen-bond donors (Lipinski definition) is 1. The molecule has 0 aromatic heterocycles. The Hall–Kier alpha value is -1.40. The maximum Gasteiger partial charge on any atom is 0.238 e. The highest BCUT2D eigenvalue weighted by atomic mass is 35.5. The second-order valence-electron chi connectivity index (χ2n) is 4.30. The maximum atomic E-state index is 11.4. The largest absolute Gasteiger partial charge is 0.380 e. The summed E-state index contributed by atoms with van der Waals surface area (Å²) in [5, 5.41) is 5.79. The third kappa shape index (κ3) is 3.37. The average molecular weight is 312 g/mol. The van der Waals surface area contributed by atoms with E-state index in [0.29, 0.717) is 11.6 Å². The first-order valence-electron chi connectivity index (χ1n) is 5.82. The van der Waals surface area contributed by atoms with E-state index in [-0.39, 0.29) is 4.90 Å². The fourth-order valence-corrected chi connectivity index (χ4v) is 2.62. The Morgan fingerprint density at radius 1 is 1.15 bits per heavy atom. The lowest BCUT2D eigenvalue weighted by Gasteiger charge is -2.11. The first-order chi connectivity index (χ1) is 9.41. The molecule has 6 heteroatoms. The molecule has 0 heterocycles. The standard InChI is InChI=1S/C14H14ClNO3S/c1-19-9-11-8-13(20(16,17)18)6-7-14(11)10-2-4-12(15)5-3-10/h2-8H,9H2,1H3,(H2,16,17,18). The van der Waals surface area contributed by atoms with Gasteiger partial charge in [0.05, 0.1) is 11.5 Å². The number of rotatable bonds is 4. The van der Waals surface area contributed by atoms with Gasteiger partial charge in [0.15, 0.2) is 0 Å². The van der Waals surface area contributed by atoms with Crippen molar-refractivity contribution in [3.05, 3.63) is 53.1 Å². The first-order valence-corrected chi connectivity index (χ1v) is 7.75. The maximum absolute atomic E-state index is 11.4. The van der Waals surface area contributed by atoms with Gasteiger partial charge in [-0.3, -0.25) is 0 Å². The summed E-state index contributed by atoms with van der Waals surface area (Å²) in [5.74, 6) is 0. The zero-order valence-corrected chi connectivity index (χ0v) is 12.4. The van der Waals surface area contributed by atoms with E-state index in [0.717, 1.165) is 16.7 Å². The predicted octanol–water partition coefficient (Wildman–Crippen LogP) is 2.80. The second kappa shape index (κ2) is 5.93. The van der Waals surface area contributed by atoms with E-state index in [1.54, 1.807) is 25.3 Å². The van der Waals surface area contributed by atoms with Gasteiger partial charge in [-0.1, -0.05) is 29.8 Å². The van der Waals surface area contributed by atoms with Crippen LogP contribution in [0.4, 0.5) is 0 Å². The number of nitrogens with two attached hydrogens (primary N) is 1. The Bertz CT molecular complexity index is 712. The quantitative estimate of drug-likeness (QED) is 0.944. The van der Waals surface area contributed by atoms with Gasteiger partial charge in [0.25, 0.3) is 0 Å². The smallest absolute Gasteiger partial charge is 0.238 e. The Labute approximate surface area is 123 Å². The molecule has 20 heavy (non-hydrogen) atoms. The summed E-state index contributed by atoms with van der Waals surface area (Å²) in [4.78, 5) is 0.0715. The first kappa shape index (κ1) is 15.0. The molecule has 0 aliphatic rings. The molecule has 0 atom stereocenters. The third-order valence-corrected chi connectivity index (χ3v) is 4.02. The highest BCUT2D eigenvalue weighted by molar-refractivity contribution is 7.89. The van der Waals surface area contributed by atoms with Gasteiger partial charge in [-0.25, -0.2) is 13.6 Å². The van der Waals surface area contributed by atoms with Crippen molar-refractivity contribution in [3.63, 3.8) is 0 Å². The van der Waals surface area contributed by atoms with E-state index in [1.807, 2.05) is 12.1 Å². The molecule has 0 amide bonds. The van der Waals surface area contributed by atoms with E-state index in [9.17, 15) is 8.42 Å². The van der Waals surface area contributed by atoms with Gasteiger partial charge in [0.1, 0.15) is 0 Å². The fourth-order valence-electron chi connectivity index (χ4n) is 1.93. The molecule has 0 bridgehead atoms. The molecule has 0 saturated carbocycles. The average Bonchev–Trinajstić information content (AvgIpc) is 2.39. The van der Waals surface area contributed by atoms with Gasteiger partial charge in [-0.15, -0.1) is 0 Å². The van der Waals surface area contributed by atoms with Gasteiger partial charge < -0.3 is 4.74 Å². The molecule has 0 spiro atoms. The van der Waals surface area contributed by atoms with Crippen molar-refractivity contribution in [1.29, 1.82) is 0 Å². The molecule has 0 aliphatic heterocycles. The normalized spacial score (nSPS) is 11.6. The monoisotopic (exact) mass is 311 g/mol. The molecule has 4 nitrogen and oxygen atoms in total. The van der Waals surface area contributed by atoms with Gasteiger partial charge >= 0.3 is 0 Å². The fraction of sp³-hybridized carbons (Fsp3) is 0.143. The molecule has 2 aromatic rings. The molecule has 0 unspecified atom stereocenters. The lowest BCUT2D eigenvalue weighted by molar-refractivity contribution is 0.185. The molecular formula is C14H14ClNO3S. The lowest BCUT2D eigenvalue weighted by Crippen LogP contribution is -2.12. The number of methoxy groups -OCH3 is 1. The van der Waals surface area contributed by atoms with Crippen LogP contribution < -0.4 is 5.14 Å². The van der Waals surface area contributed by atoms with Crippen molar-refractivity contribution in [2.45, 2.75) is 11.5 Å². The van der Waals surface area contributed by atoms with Crippen molar-refractivity contribution >= 4 is 21.6 Å². The van der Waals surface area contributed by atoms with Crippen molar-refractivity contribution in [1.82, 2.24) is 0 Å². The number of hydrogen-bond acceptors (Lipinski definition) is 3. The van der Waals surface area contributed by atoms with Crippen LogP contribution in [0.2, 0.25) is 5.02 Å². The van der Waals surface area contributed by atoms with Gasteiger partial charge in [-0.05, 0) is 41.0 Å². The van der Waals surface area contributed by atoms with Crippen LogP contribution in [-0.4, -0.2) is 15.5 Å². The van der Waals surface area contributed by atoms with Crippen molar-refractivity contribution < 1.29 is 13.2 Å². The number of ether oxygens (including phenoxy) is 1. The Balaban J connectivity index is 2.55. The minimum Gasteiger partial charge on any atom is -0.380 e. The van der Waals surface area contributed by atoms with Crippen molar-refractivity contribution in [3.8, 4) is 11.1 Å². The van der Waals surface area contributed by atoms with Gasteiger partial charge in [0.2, 0.25) is 10.0 Å². The zero-order chi connectivity index (χ0) is 14.8. The Morgan fingerprint density at radius 3 is 2.35 bits per heavy atom. The third-order valence-electron chi connectivity index (χ3n) is 2.86. The molecule has 0 fully saturated rings. The Morgan fingerprint density at radius 2 is 1.80 bits per heavy atom. The number of primary sulfonamides is 1. The van der Waals surface area contributed by atoms with Crippen molar-refractivity contribution in [2.24, 2.45) is 5.14 Å². The summed E-state index contributed by atoms with van der Waals surface area (Å²) in [6.07, 6.45) is 0. The molecule has 2 N–H and O–H groups in total. The summed E-state index contributed by atoms with van der Waals surface area (Å²) in [6.45, 7) is 0.293. The van der Waals surface area contributed by atoms with Crippen LogP contribution >= 0.6 is 11.6 Å². The van der Waals surface area contributed by atoms with E-state index >= 15 is 0 Å². The molecule has 0 radical (unpaired) electrons. The number of benzene rings is 2. The SMILES string of the molecule is COCc1cc(S(N)(=O)=O)ccc1-c1ccc(Cl)cc1. The van der Waals surface area contributed by atoms with Gasteiger partial charge in [0, 0.05) is 12.1 Å². The highest BCUT2D eigenvalue weighted by Gasteiger charge is 2.12. The van der Waals surface area contributed by atoms with E-state index in [2.05, 4.69) is 0 Å². The van der Waals surface area contributed by atoms with Crippen LogP contribution in [0.3, 0.4) is 0 Å². The molecule has 0 aliphatic carbocycles. The van der Waals surface area contributed by atoms with E-state index in [1.165, 1.54) is 12.1 Å². The van der Waals surface area contributed by atoms with E-state index < -0.39 is 10.0 Å². The summed E-state index contributed by atoms with van der Waals surface area (Å²) in [5.41, 5.74) is 2.57. The molecular weight excluding hydrogens is 298 g/mol. The number of halogens is 1. The van der Waals surface area contributed by atoms with Crippen LogP contribution in [0.25, 0.3) is 11.1 Å². The second-order valence-corrected chi connectivity index (χ2v) is 6.30. The lowest BCUT2D eigenvalue weighted by atomic mass is 10.0. The molecule has 0 saturated heterocycles. The van der Waals surface area contributed by atoms with Crippen LogP contribution in [-0.2, 0) is 21.4 Å². The summed E-state index contributed by atoms with van der Waals surface area (Å²) < 4.78 is 27.9. The molecule has 106 valence electrons. The van der Waals surface area contributed by atoms with Crippen LogP contribution in [0.1, 0.15) is 5.56 Å². The predicted molar refractivity (Wildman–Crippen MR) is 79.0 cm³/mol. The minimum atomic E-state index is -3.73. The summed E-state index contributed by atoms with van der Waals surface area (Å²) in [6, 6.07) is 12.0. The van der Waals surface area contributed by atoms with Crippen LogP contribution in [0.15, 0.2) is 47.4 Å². The Kier molecular flexibility index (Phi) is 4.45. The topological polar surface area (TPSA) is 69.4 Å². The van der Waals surface area contributed by atoms with Crippen LogP contribution in [0, 0.1) is 0 Å². The number of sulfonamides is 1. The minimum absolute atomic E-state index is 0.0715. The zero-order valence-electron chi connectivity index (χ0n) is 10.8. The summed E-state index contributed by atoms with van der Waals surface area (Å²) in [7, 11) is -2.18. The molecule has 2 rings (SSSR count). The summed E-state index contributed by atoms with van der Waals surface area (Å²) >= 11 is 5.86. The van der Waals surface area contributed by atoms with Crippen LogP contribution in [0.5, 0.6) is 0 Å². The molecule has 2 aromatic carbocycles.